The molecule has 15 nitrogen and oxygen atoms in total. The van der Waals surface area contributed by atoms with Crippen molar-refractivity contribution >= 4 is 23.2 Å². The average Bonchev–Trinajstić information content (AvgIpc) is 2.98. The van der Waals surface area contributed by atoms with Gasteiger partial charge < -0.3 is 51.2 Å². The van der Waals surface area contributed by atoms with E-state index in [-0.39, 0.29) is 11.3 Å². The van der Waals surface area contributed by atoms with Crippen molar-refractivity contribution in [3.63, 3.8) is 0 Å². The highest BCUT2D eigenvalue weighted by Crippen LogP contribution is 2.31. The van der Waals surface area contributed by atoms with Crippen LogP contribution in [0.4, 0.5) is 11.4 Å². The van der Waals surface area contributed by atoms with E-state index in [0.717, 1.165) is 0 Å². The van der Waals surface area contributed by atoms with E-state index in [1.165, 1.54) is 48.1 Å². The molecule has 2 aliphatic heterocycles. The molecule has 2 fully saturated rings. The SMILES string of the molecule is CN[C@H]1[C@@H](O)[C@@H](O)[C@@H](O[C@H]2CC[C@@H](n3cc(NC(=O)c4ccc(NC(=O)[C@@](C)(N)CO)cc4)cnc3=O)O[C@H]2C)O[C@H]1C. The van der Waals surface area contributed by atoms with Crippen molar-refractivity contribution in [3.05, 3.63) is 52.7 Å². The van der Waals surface area contributed by atoms with Crippen LogP contribution in [0, 0.1) is 0 Å². The molecule has 0 aliphatic carbocycles. The maximum Gasteiger partial charge on any atom is 0.349 e. The van der Waals surface area contributed by atoms with Crippen LogP contribution in [0.3, 0.4) is 0 Å². The Morgan fingerprint density at radius 1 is 1.09 bits per heavy atom. The third-order valence-corrected chi connectivity index (χ3v) is 7.72. The molecule has 1 aromatic heterocycles. The molecule has 0 radical (unpaired) electrons. The number of amides is 2. The number of nitrogens with one attached hydrogen (secondary N) is 3. The Kier molecular flexibility index (Phi) is 10.3. The van der Waals surface area contributed by atoms with Gasteiger partial charge in [0.15, 0.2) is 6.29 Å². The summed E-state index contributed by atoms with van der Waals surface area (Å²) in [5.74, 6) is -1.05. The van der Waals surface area contributed by atoms with Gasteiger partial charge in [-0.15, -0.1) is 0 Å². The number of carbonyl (C=O) groups is 2. The summed E-state index contributed by atoms with van der Waals surface area (Å²) in [6, 6.07) is 5.59. The molecule has 236 valence electrons. The molecule has 0 spiro atoms. The maximum atomic E-state index is 12.9. The van der Waals surface area contributed by atoms with Crippen LogP contribution in [0.1, 0.15) is 50.2 Å². The standard InChI is InChI=1S/C28H40N6O9/c1-14-19(43-25-23(37)22(36)21(30-4)15(2)42-25)9-10-20(41-14)34-12-18(11-31-27(34)40)32-24(38)16-5-7-17(8-6-16)33-26(39)28(3,29)13-35/h5-8,11-12,14-15,19-23,25,30,35-37H,9-10,13,29H2,1-4H3,(H,32,38)(H,33,39)/t14-,15-,19-,20-,21+,22+,23+,25+,28-/m0/s1. The Balaban J connectivity index is 1.36. The molecule has 15 heteroatoms. The lowest BCUT2D eigenvalue weighted by Crippen LogP contribution is -2.62. The number of aliphatic hydroxyl groups is 3. The Labute approximate surface area is 248 Å². The minimum atomic E-state index is -1.45. The second kappa shape index (κ2) is 13.6. The molecule has 3 heterocycles. The average molecular weight is 605 g/mol. The van der Waals surface area contributed by atoms with Crippen LogP contribution in [-0.2, 0) is 19.0 Å². The highest BCUT2D eigenvalue weighted by molar-refractivity contribution is 6.04. The second-order valence-corrected chi connectivity index (χ2v) is 11.1. The number of benzene rings is 1. The zero-order valence-electron chi connectivity index (χ0n) is 24.5. The van der Waals surface area contributed by atoms with Gasteiger partial charge in [0.05, 0.1) is 42.8 Å². The summed E-state index contributed by atoms with van der Waals surface area (Å²) in [5.41, 5.74) is 4.65. The number of carbonyl (C=O) groups excluding carboxylic acids is 2. The molecule has 9 atom stereocenters. The number of anilines is 2. The van der Waals surface area contributed by atoms with E-state index in [4.69, 9.17) is 19.9 Å². The van der Waals surface area contributed by atoms with E-state index in [1.807, 2.05) is 0 Å². The molecule has 2 amide bonds. The van der Waals surface area contributed by atoms with Gasteiger partial charge in [0.25, 0.3) is 5.91 Å². The first-order valence-electron chi connectivity index (χ1n) is 14.0. The van der Waals surface area contributed by atoms with Gasteiger partial charge in [-0.05, 0) is 64.9 Å². The minimum absolute atomic E-state index is 0.263. The first-order valence-corrected chi connectivity index (χ1v) is 14.0. The molecular formula is C28H40N6O9. The van der Waals surface area contributed by atoms with Gasteiger partial charge in [-0.3, -0.25) is 14.2 Å². The van der Waals surface area contributed by atoms with Gasteiger partial charge in [-0.25, -0.2) is 4.79 Å². The fourth-order valence-corrected chi connectivity index (χ4v) is 5.00. The van der Waals surface area contributed by atoms with E-state index in [2.05, 4.69) is 20.9 Å². The van der Waals surface area contributed by atoms with E-state index < -0.39 is 78.7 Å². The van der Waals surface area contributed by atoms with Crippen LogP contribution in [0.15, 0.2) is 41.5 Å². The topological polar surface area (TPSA) is 220 Å². The highest BCUT2D eigenvalue weighted by Gasteiger charge is 2.44. The number of rotatable bonds is 9. The molecule has 4 rings (SSSR count). The molecular weight excluding hydrogens is 564 g/mol. The lowest BCUT2D eigenvalue weighted by Gasteiger charge is -2.44. The van der Waals surface area contributed by atoms with Gasteiger partial charge >= 0.3 is 5.69 Å². The van der Waals surface area contributed by atoms with Crippen molar-refractivity contribution in [1.82, 2.24) is 14.9 Å². The molecule has 43 heavy (non-hydrogen) atoms. The van der Waals surface area contributed by atoms with Crippen LogP contribution >= 0.6 is 0 Å². The van der Waals surface area contributed by atoms with Gasteiger partial charge in [0, 0.05) is 17.4 Å². The first kappa shape index (κ1) is 32.6. The van der Waals surface area contributed by atoms with Gasteiger partial charge in [0.2, 0.25) is 5.91 Å². The largest absolute Gasteiger partial charge is 0.394 e. The molecule has 2 saturated heterocycles. The van der Waals surface area contributed by atoms with Crippen LogP contribution in [0.5, 0.6) is 0 Å². The molecule has 0 saturated carbocycles. The van der Waals surface area contributed by atoms with Crippen molar-refractivity contribution in [2.45, 2.75) is 88.2 Å². The van der Waals surface area contributed by atoms with E-state index in [1.54, 1.807) is 20.9 Å². The van der Waals surface area contributed by atoms with Gasteiger partial charge in [0.1, 0.15) is 24.0 Å². The molecule has 2 aliphatic rings. The summed E-state index contributed by atoms with van der Waals surface area (Å²) >= 11 is 0. The Morgan fingerprint density at radius 3 is 2.42 bits per heavy atom. The van der Waals surface area contributed by atoms with Crippen molar-refractivity contribution in [1.29, 1.82) is 0 Å². The smallest absolute Gasteiger partial charge is 0.349 e. The number of aromatic nitrogens is 2. The number of ether oxygens (including phenoxy) is 3. The molecule has 1 aromatic carbocycles. The number of nitrogens with zero attached hydrogens (tertiary/aromatic N) is 2. The molecule has 0 bridgehead atoms. The first-order chi connectivity index (χ1) is 20.3. The summed E-state index contributed by atoms with van der Waals surface area (Å²) < 4.78 is 19.2. The molecule has 8 N–H and O–H groups in total. The third kappa shape index (κ3) is 7.45. The minimum Gasteiger partial charge on any atom is -0.394 e. The predicted molar refractivity (Wildman–Crippen MR) is 154 cm³/mol. The van der Waals surface area contributed by atoms with Crippen molar-refractivity contribution in [2.75, 3.05) is 24.3 Å². The zero-order chi connectivity index (χ0) is 31.5. The summed E-state index contributed by atoms with van der Waals surface area (Å²) in [6.45, 7) is 4.42. The number of hydrogen-bond donors (Lipinski definition) is 7. The molecule has 0 unspecified atom stereocenters. The van der Waals surface area contributed by atoms with E-state index in [9.17, 15) is 29.7 Å². The quantitative estimate of drug-likeness (QED) is 0.189. The van der Waals surface area contributed by atoms with Gasteiger partial charge in [-0.1, -0.05) is 0 Å². The summed E-state index contributed by atoms with van der Waals surface area (Å²) in [4.78, 5) is 41.5. The maximum absolute atomic E-state index is 12.9. The van der Waals surface area contributed by atoms with Crippen molar-refractivity contribution in [2.24, 2.45) is 5.73 Å². The number of hydrogen-bond acceptors (Lipinski definition) is 12. The van der Waals surface area contributed by atoms with E-state index >= 15 is 0 Å². The zero-order valence-corrected chi connectivity index (χ0v) is 24.5. The lowest BCUT2D eigenvalue weighted by molar-refractivity contribution is -0.303. The van der Waals surface area contributed by atoms with Crippen molar-refractivity contribution < 1.29 is 39.1 Å². The second-order valence-electron chi connectivity index (χ2n) is 11.1. The summed E-state index contributed by atoms with van der Waals surface area (Å²) in [7, 11) is 1.68. The Morgan fingerprint density at radius 2 is 1.79 bits per heavy atom. The van der Waals surface area contributed by atoms with Crippen LogP contribution in [0.25, 0.3) is 0 Å². The molecule has 2 aromatic rings. The van der Waals surface area contributed by atoms with Gasteiger partial charge in [-0.2, -0.15) is 4.98 Å². The van der Waals surface area contributed by atoms with Crippen LogP contribution in [-0.4, -0.2) is 98.7 Å². The number of aliphatic hydroxyl groups excluding tert-OH is 3. The fourth-order valence-electron chi connectivity index (χ4n) is 5.00. The normalized spacial score (nSPS) is 30.7. The highest BCUT2D eigenvalue weighted by atomic mass is 16.7. The monoisotopic (exact) mass is 604 g/mol. The van der Waals surface area contributed by atoms with Crippen molar-refractivity contribution in [3.8, 4) is 0 Å². The fraction of sp³-hybridized carbons (Fsp3) is 0.571. The van der Waals surface area contributed by atoms with Crippen LogP contribution < -0.4 is 27.4 Å². The number of likely N-dealkylation sites (N-methyl/N-ethyl adjacent to an activating group) is 1. The predicted octanol–water partition coefficient (Wildman–Crippen LogP) is -0.719. The van der Waals surface area contributed by atoms with Crippen LogP contribution in [0.2, 0.25) is 0 Å². The Bertz CT molecular complexity index is 1340. The summed E-state index contributed by atoms with van der Waals surface area (Å²) in [5, 5.41) is 38.4. The number of nitrogens with two attached hydrogens (primary N) is 1. The third-order valence-electron chi connectivity index (χ3n) is 7.72. The summed E-state index contributed by atoms with van der Waals surface area (Å²) in [6.07, 6.45) is -1.90. The lowest BCUT2D eigenvalue weighted by atomic mass is 9.97. The van der Waals surface area contributed by atoms with E-state index in [0.29, 0.717) is 18.5 Å². The Hall–Kier alpha value is -3.28.